The van der Waals surface area contributed by atoms with Crippen LogP contribution in [0.3, 0.4) is 0 Å². The average molecular weight is 472 g/mol. The zero-order valence-electron chi connectivity index (χ0n) is 18.4. The van der Waals surface area contributed by atoms with Crippen molar-refractivity contribution in [3.8, 4) is 5.75 Å². The Morgan fingerprint density at radius 1 is 1.12 bits per heavy atom. The number of para-hydroxylation sites is 2. The Morgan fingerprint density at radius 2 is 1.88 bits per heavy atom. The van der Waals surface area contributed by atoms with Crippen LogP contribution in [0.1, 0.15) is 0 Å². The second-order valence-electron chi connectivity index (χ2n) is 7.60. The maximum absolute atomic E-state index is 12.9. The first-order valence-corrected chi connectivity index (χ1v) is 11.6. The predicted molar refractivity (Wildman–Crippen MR) is 136 cm³/mol. The molecule has 0 aliphatic heterocycles. The van der Waals surface area contributed by atoms with Gasteiger partial charge >= 0.3 is 0 Å². The number of aromatic nitrogens is 2. The SMILES string of the molecule is C=CCn1c(SCC(=O)Nc2cc3oc4ccccc4c3cc2OC)nc2ccccc2c1=O. The van der Waals surface area contributed by atoms with Gasteiger partial charge in [-0.1, -0.05) is 48.2 Å². The van der Waals surface area contributed by atoms with Gasteiger partial charge in [-0.3, -0.25) is 14.2 Å². The van der Waals surface area contributed by atoms with Crippen molar-refractivity contribution in [3.63, 3.8) is 0 Å². The molecule has 0 atom stereocenters. The van der Waals surface area contributed by atoms with Crippen LogP contribution in [0.15, 0.2) is 87.7 Å². The number of nitrogens with zero attached hydrogens (tertiary/aromatic N) is 2. The first kappa shape index (κ1) is 21.8. The number of carbonyl (C=O) groups is 1. The van der Waals surface area contributed by atoms with Gasteiger partial charge in [0.1, 0.15) is 16.9 Å². The summed E-state index contributed by atoms with van der Waals surface area (Å²) < 4.78 is 13.0. The number of thioether (sulfide) groups is 1. The van der Waals surface area contributed by atoms with Crippen molar-refractivity contribution >= 4 is 56.2 Å². The number of furan rings is 1. The number of nitrogens with one attached hydrogen (secondary N) is 1. The molecule has 170 valence electrons. The van der Waals surface area contributed by atoms with E-state index in [4.69, 9.17) is 9.15 Å². The van der Waals surface area contributed by atoms with E-state index in [-0.39, 0.29) is 17.2 Å². The lowest BCUT2D eigenvalue weighted by Crippen LogP contribution is -2.23. The summed E-state index contributed by atoms with van der Waals surface area (Å²) in [5.41, 5.74) is 2.36. The molecule has 0 bridgehead atoms. The van der Waals surface area contributed by atoms with Crippen LogP contribution in [0.25, 0.3) is 32.8 Å². The summed E-state index contributed by atoms with van der Waals surface area (Å²) in [5, 5.41) is 5.77. The lowest BCUT2D eigenvalue weighted by molar-refractivity contribution is -0.113. The third-order valence-electron chi connectivity index (χ3n) is 5.44. The van der Waals surface area contributed by atoms with Gasteiger partial charge in [-0.2, -0.15) is 0 Å². The molecule has 5 rings (SSSR count). The van der Waals surface area contributed by atoms with Gasteiger partial charge in [0.25, 0.3) is 5.56 Å². The van der Waals surface area contributed by atoms with Crippen molar-refractivity contribution in [3.05, 3.63) is 83.7 Å². The molecule has 0 fully saturated rings. The molecular weight excluding hydrogens is 450 g/mol. The second kappa shape index (κ2) is 9.07. The Hall–Kier alpha value is -4.04. The first-order chi connectivity index (χ1) is 16.6. The molecule has 0 saturated heterocycles. The van der Waals surface area contributed by atoms with Crippen molar-refractivity contribution in [2.75, 3.05) is 18.2 Å². The Labute approximate surface area is 199 Å². The average Bonchev–Trinajstić information content (AvgIpc) is 3.21. The van der Waals surface area contributed by atoms with Crippen molar-refractivity contribution in [2.45, 2.75) is 11.7 Å². The number of ether oxygens (including phenoxy) is 1. The van der Waals surface area contributed by atoms with Crippen LogP contribution in [0.4, 0.5) is 5.69 Å². The Morgan fingerprint density at radius 3 is 2.68 bits per heavy atom. The van der Waals surface area contributed by atoms with E-state index in [2.05, 4.69) is 16.9 Å². The maximum Gasteiger partial charge on any atom is 0.262 e. The zero-order valence-corrected chi connectivity index (χ0v) is 19.2. The van der Waals surface area contributed by atoms with Crippen LogP contribution < -0.4 is 15.6 Å². The highest BCUT2D eigenvalue weighted by Gasteiger charge is 2.16. The van der Waals surface area contributed by atoms with Crippen LogP contribution in [0.5, 0.6) is 5.75 Å². The largest absolute Gasteiger partial charge is 0.495 e. The molecule has 7 nitrogen and oxygen atoms in total. The summed E-state index contributed by atoms with van der Waals surface area (Å²) in [7, 11) is 1.56. The number of anilines is 1. The fourth-order valence-electron chi connectivity index (χ4n) is 3.88. The molecule has 0 aliphatic rings. The molecule has 0 unspecified atom stereocenters. The smallest absolute Gasteiger partial charge is 0.262 e. The highest BCUT2D eigenvalue weighted by Crippen LogP contribution is 2.36. The molecule has 34 heavy (non-hydrogen) atoms. The molecule has 0 aliphatic carbocycles. The second-order valence-corrected chi connectivity index (χ2v) is 8.54. The number of amides is 1. The number of hydrogen-bond donors (Lipinski definition) is 1. The van der Waals surface area contributed by atoms with E-state index in [9.17, 15) is 9.59 Å². The molecule has 5 aromatic rings. The van der Waals surface area contributed by atoms with Gasteiger partial charge in [-0.05, 0) is 24.3 Å². The predicted octanol–water partition coefficient (Wildman–Crippen LogP) is 5.22. The van der Waals surface area contributed by atoms with Crippen molar-refractivity contribution in [1.82, 2.24) is 9.55 Å². The molecule has 8 heteroatoms. The van der Waals surface area contributed by atoms with Crippen LogP contribution in [0, 0.1) is 0 Å². The molecule has 1 amide bonds. The van der Waals surface area contributed by atoms with Crippen LogP contribution in [-0.4, -0.2) is 28.3 Å². The van der Waals surface area contributed by atoms with Gasteiger partial charge in [0.15, 0.2) is 5.16 Å². The minimum absolute atomic E-state index is 0.0588. The van der Waals surface area contributed by atoms with Gasteiger partial charge in [-0.15, -0.1) is 6.58 Å². The lowest BCUT2D eigenvalue weighted by Gasteiger charge is -2.12. The van der Waals surface area contributed by atoms with Crippen molar-refractivity contribution in [2.24, 2.45) is 0 Å². The molecule has 2 aromatic heterocycles. The number of methoxy groups -OCH3 is 1. The third kappa shape index (κ3) is 3.92. The van der Waals surface area contributed by atoms with Crippen molar-refractivity contribution < 1.29 is 13.9 Å². The minimum Gasteiger partial charge on any atom is -0.495 e. The summed E-state index contributed by atoms with van der Waals surface area (Å²) >= 11 is 1.19. The summed E-state index contributed by atoms with van der Waals surface area (Å²) in [6, 6.07) is 18.5. The minimum atomic E-state index is -0.258. The monoisotopic (exact) mass is 471 g/mol. The Bertz CT molecular complexity index is 1620. The highest BCUT2D eigenvalue weighted by atomic mass is 32.2. The van der Waals surface area contributed by atoms with Gasteiger partial charge in [0.2, 0.25) is 5.91 Å². The van der Waals surface area contributed by atoms with E-state index in [1.807, 2.05) is 36.4 Å². The Balaban J connectivity index is 1.41. The van der Waals surface area contributed by atoms with Crippen LogP contribution >= 0.6 is 11.8 Å². The molecule has 0 radical (unpaired) electrons. The molecule has 2 heterocycles. The van der Waals surface area contributed by atoms with E-state index in [0.717, 1.165) is 16.4 Å². The molecule has 3 aromatic carbocycles. The number of rotatable bonds is 7. The normalized spacial score (nSPS) is 11.2. The topological polar surface area (TPSA) is 86.4 Å². The summed E-state index contributed by atoms with van der Waals surface area (Å²) in [6.07, 6.45) is 1.63. The van der Waals surface area contributed by atoms with Gasteiger partial charge in [0.05, 0.1) is 29.5 Å². The van der Waals surface area contributed by atoms with E-state index in [1.165, 1.54) is 16.3 Å². The summed E-state index contributed by atoms with van der Waals surface area (Å²) in [6.45, 7) is 4.03. The van der Waals surface area contributed by atoms with E-state index in [1.54, 1.807) is 37.5 Å². The number of hydrogen-bond acceptors (Lipinski definition) is 6. The molecular formula is C26H21N3O4S. The van der Waals surface area contributed by atoms with Gasteiger partial charge < -0.3 is 14.5 Å². The fourth-order valence-corrected chi connectivity index (χ4v) is 4.69. The van der Waals surface area contributed by atoms with Crippen LogP contribution in [0.2, 0.25) is 0 Å². The highest BCUT2D eigenvalue weighted by molar-refractivity contribution is 7.99. The van der Waals surface area contributed by atoms with Gasteiger partial charge in [0, 0.05) is 23.4 Å². The number of fused-ring (bicyclic) bond motifs is 4. The van der Waals surface area contributed by atoms with E-state index in [0.29, 0.717) is 39.6 Å². The first-order valence-electron chi connectivity index (χ1n) is 10.6. The summed E-state index contributed by atoms with van der Waals surface area (Å²) in [5.74, 6) is 0.333. The number of carbonyl (C=O) groups excluding carboxylic acids is 1. The standard InChI is InChI=1S/C26H21N3O4S/c1-3-12-29-25(31)17-9-4-6-10-19(17)28-26(29)34-15-24(30)27-20-14-22-18(13-23(20)32-2)16-8-5-7-11-21(16)33-22/h3-11,13-14H,1,12,15H2,2H3,(H,27,30). The fraction of sp³-hybridized carbons (Fsp3) is 0.115. The number of allylic oxidation sites excluding steroid dienone is 1. The maximum atomic E-state index is 12.9. The number of benzene rings is 3. The van der Waals surface area contributed by atoms with E-state index >= 15 is 0 Å². The third-order valence-corrected chi connectivity index (χ3v) is 6.42. The molecule has 0 saturated carbocycles. The van der Waals surface area contributed by atoms with Gasteiger partial charge in [-0.25, -0.2) is 4.98 Å². The quantitative estimate of drug-likeness (QED) is 0.199. The Kier molecular flexibility index (Phi) is 5.81. The lowest BCUT2D eigenvalue weighted by atomic mass is 10.1. The van der Waals surface area contributed by atoms with E-state index < -0.39 is 0 Å². The zero-order chi connectivity index (χ0) is 23.7. The molecule has 0 spiro atoms. The van der Waals surface area contributed by atoms with Crippen LogP contribution in [-0.2, 0) is 11.3 Å². The summed E-state index contributed by atoms with van der Waals surface area (Å²) in [4.78, 5) is 30.3. The van der Waals surface area contributed by atoms with Crippen molar-refractivity contribution in [1.29, 1.82) is 0 Å². The molecule has 1 N–H and O–H groups in total.